The summed E-state index contributed by atoms with van der Waals surface area (Å²) < 4.78 is 11.8. The molecule has 4 rings (SSSR count). The number of ether oxygens (including phenoxy) is 2. The minimum Gasteiger partial charge on any atom is -0.493 e. The highest BCUT2D eigenvalue weighted by Gasteiger charge is 2.39. The van der Waals surface area contributed by atoms with Crippen molar-refractivity contribution in [2.24, 2.45) is 0 Å². The predicted molar refractivity (Wildman–Crippen MR) is 98.8 cm³/mol. The van der Waals surface area contributed by atoms with Crippen molar-refractivity contribution in [3.05, 3.63) is 52.5 Å². The third-order valence-corrected chi connectivity index (χ3v) is 4.92. The summed E-state index contributed by atoms with van der Waals surface area (Å²) in [7, 11) is 3.82. The first kappa shape index (κ1) is 17.1. The average Bonchev–Trinajstić information content (AvgIpc) is 2.94. The molecule has 24 heavy (non-hydrogen) atoms. The van der Waals surface area contributed by atoms with Gasteiger partial charge < -0.3 is 14.4 Å². The van der Waals surface area contributed by atoms with Crippen LogP contribution in [-0.2, 0) is 0 Å². The molecule has 0 saturated carbocycles. The Balaban J connectivity index is 0.000000815. The van der Waals surface area contributed by atoms with Crippen LogP contribution in [0.4, 0.5) is 0 Å². The number of hydrogen-bond acceptors (Lipinski definition) is 3. The lowest BCUT2D eigenvalue weighted by atomic mass is 9.84. The Morgan fingerprint density at radius 3 is 2.46 bits per heavy atom. The summed E-state index contributed by atoms with van der Waals surface area (Å²) in [5.41, 5.74) is 2.42. The molecule has 0 amide bonds. The molecular formula is C20H24ClNO2. The lowest BCUT2D eigenvalue weighted by Gasteiger charge is -2.18. The van der Waals surface area contributed by atoms with Gasteiger partial charge in [0, 0.05) is 41.6 Å². The molecule has 128 valence electrons. The molecule has 0 spiro atoms. The molecule has 2 aliphatic heterocycles. The van der Waals surface area contributed by atoms with E-state index in [-0.39, 0.29) is 0 Å². The van der Waals surface area contributed by atoms with E-state index in [9.17, 15) is 0 Å². The minimum absolute atomic E-state index is 0.372. The largest absolute Gasteiger partial charge is 0.493 e. The molecule has 2 heterocycles. The second-order valence-electron chi connectivity index (χ2n) is 6.10. The number of likely N-dealkylation sites (tertiary alicyclic amines) is 1. The highest BCUT2D eigenvalue weighted by Crippen LogP contribution is 2.52. The van der Waals surface area contributed by atoms with Crippen molar-refractivity contribution < 1.29 is 9.47 Å². The number of methoxy groups -OCH3 is 1. The van der Waals surface area contributed by atoms with Gasteiger partial charge in [-0.05, 0) is 24.7 Å². The molecule has 2 atom stereocenters. The van der Waals surface area contributed by atoms with Gasteiger partial charge in [-0.15, -0.1) is 0 Å². The van der Waals surface area contributed by atoms with Crippen molar-refractivity contribution in [2.45, 2.75) is 25.7 Å². The van der Waals surface area contributed by atoms with E-state index in [0.29, 0.717) is 22.6 Å². The van der Waals surface area contributed by atoms with Gasteiger partial charge in [0.25, 0.3) is 0 Å². The SMILES string of the molecule is CC.COc1cc(Cl)cc2c1Oc1ccccc1[C@H]1CN(C)CC21. The number of benzene rings is 2. The number of fused-ring (bicyclic) bond motifs is 5. The standard InChI is InChI=1S/C18H18ClNO2.C2H6/c1-20-9-14-12-5-3-4-6-16(12)22-18-13(15(14)10-20)7-11(19)8-17(18)21-2;1-2/h3-8,14-15H,9-10H2,1-2H3;1-2H3/t14-,15?;/m1./s1. The number of rotatable bonds is 1. The Labute approximate surface area is 149 Å². The summed E-state index contributed by atoms with van der Waals surface area (Å²) in [5, 5.41) is 0.693. The Hall–Kier alpha value is -1.71. The zero-order valence-electron chi connectivity index (χ0n) is 14.7. The highest BCUT2D eigenvalue weighted by atomic mass is 35.5. The summed E-state index contributed by atoms with van der Waals surface area (Å²) in [4.78, 5) is 2.37. The summed E-state index contributed by atoms with van der Waals surface area (Å²) in [5.74, 6) is 3.23. The van der Waals surface area contributed by atoms with Crippen LogP contribution in [0, 0.1) is 0 Å². The molecule has 0 N–H and O–H groups in total. The average molecular weight is 346 g/mol. The van der Waals surface area contributed by atoms with E-state index >= 15 is 0 Å². The van der Waals surface area contributed by atoms with Gasteiger partial charge in [0.2, 0.25) is 0 Å². The summed E-state index contributed by atoms with van der Waals surface area (Å²) >= 11 is 6.30. The lowest BCUT2D eigenvalue weighted by molar-refractivity contribution is 0.372. The first-order chi connectivity index (χ1) is 11.7. The molecule has 2 aromatic rings. The fourth-order valence-electron chi connectivity index (χ4n) is 3.75. The van der Waals surface area contributed by atoms with Crippen LogP contribution in [0.5, 0.6) is 17.2 Å². The van der Waals surface area contributed by atoms with Crippen molar-refractivity contribution in [3.63, 3.8) is 0 Å². The second-order valence-corrected chi connectivity index (χ2v) is 6.54. The molecular weight excluding hydrogens is 322 g/mol. The molecule has 1 fully saturated rings. The molecule has 0 aromatic heterocycles. The number of likely N-dealkylation sites (N-methyl/N-ethyl adjacent to an activating group) is 1. The Kier molecular flexibility index (Phi) is 5.02. The molecule has 0 bridgehead atoms. The summed E-state index contributed by atoms with van der Waals surface area (Å²) in [6, 6.07) is 12.2. The minimum atomic E-state index is 0.372. The third kappa shape index (κ3) is 2.87. The van der Waals surface area contributed by atoms with Gasteiger partial charge >= 0.3 is 0 Å². The van der Waals surface area contributed by atoms with E-state index in [0.717, 1.165) is 30.2 Å². The maximum atomic E-state index is 6.30. The van der Waals surface area contributed by atoms with Crippen LogP contribution < -0.4 is 9.47 Å². The van der Waals surface area contributed by atoms with Gasteiger partial charge in [-0.2, -0.15) is 0 Å². The van der Waals surface area contributed by atoms with Crippen LogP contribution in [-0.4, -0.2) is 32.1 Å². The number of halogens is 1. The number of nitrogens with zero attached hydrogens (tertiary/aromatic N) is 1. The lowest BCUT2D eigenvalue weighted by Crippen LogP contribution is -2.14. The maximum Gasteiger partial charge on any atom is 0.172 e. The molecule has 2 aromatic carbocycles. The van der Waals surface area contributed by atoms with E-state index in [4.69, 9.17) is 21.1 Å². The Bertz CT molecular complexity index is 732. The van der Waals surface area contributed by atoms with Crippen molar-refractivity contribution >= 4 is 11.6 Å². The van der Waals surface area contributed by atoms with Crippen molar-refractivity contribution in [1.29, 1.82) is 0 Å². The zero-order valence-corrected chi connectivity index (χ0v) is 15.4. The smallest absolute Gasteiger partial charge is 0.172 e. The van der Waals surface area contributed by atoms with Crippen LogP contribution in [0.1, 0.15) is 36.8 Å². The van der Waals surface area contributed by atoms with Crippen molar-refractivity contribution in [3.8, 4) is 17.2 Å². The van der Waals surface area contributed by atoms with Crippen molar-refractivity contribution in [1.82, 2.24) is 4.90 Å². The predicted octanol–water partition coefficient (Wildman–Crippen LogP) is 5.29. The Morgan fingerprint density at radius 2 is 1.75 bits per heavy atom. The number of hydrogen-bond donors (Lipinski definition) is 0. The van der Waals surface area contributed by atoms with E-state index < -0.39 is 0 Å². The highest BCUT2D eigenvalue weighted by molar-refractivity contribution is 6.30. The van der Waals surface area contributed by atoms with Crippen LogP contribution >= 0.6 is 11.6 Å². The molecule has 2 aliphatic rings. The normalized spacial score (nSPS) is 21.4. The van der Waals surface area contributed by atoms with Crippen LogP contribution in [0.15, 0.2) is 36.4 Å². The van der Waals surface area contributed by atoms with Gasteiger partial charge in [0.05, 0.1) is 7.11 Å². The first-order valence-electron chi connectivity index (χ1n) is 8.50. The van der Waals surface area contributed by atoms with Crippen LogP contribution in [0.25, 0.3) is 0 Å². The maximum absolute atomic E-state index is 6.30. The fraction of sp³-hybridized carbons (Fsp3) is 0.400. The molecule has 1 unspecified atom stereocenters. The van der Waals surface area contributed by atoms with Crippen LogP contribution in [0.3, 0.4) is 0 Å². The first-order valence-corrected chi connectivity index (χ1v) is 8.88. The monoisotopic (exact) mass is 345 g/mol. The van der Waals surface area contributed by atoms with Gasteiger partial charge in [-0.25, -0.2) is 0 Å². The molecule has 0 radical (unpaired) electrons. The van der Waals surface area contributed by atoms with Gasteiger partial charge in [-0.1, -0.05) is 43.6 Å². The molecule has 3 nitrogen and oxygen atoms in total. The van der Waals surface area contributed by atoms with E-state index in [1.807, 2.05) is 38.1 Å². The zero-order chi connectivity index (χ0) is 17.3. The fourth-order valence-corrected chi connectivity index (χ4v) is 3.96. The Morgan fingerprint density at radius 1 is 1.08 bits per heavy atom. The molecule has 4 heteroatoms. The topological polar surface area (TPSA) is 21.7 Å². The summed E-state index contributed by atoms with van der Waals surface area (Å²) in [6.07, 6.45) is 0. The number of para-hydroxylation sites is 1. The van der Waals surface area contributed by atoms with Crippen molar-refractivity contribution in [2.75, 3.05) is 27.2 Å². The summed E-state index contributed by atoms with van der Waals surface area (Å²) in [6.45, 7) is 6.03. The van der Waals surface area contributed by atoms with E-state index in [2.05, 4.69) is 24.1 Å². The van der Waals surface area contributed by atoms with E-state index in [1.54, 1.807) is 7.11 Å². The van der Waals surface area contributed by atoms with E-state index in [1.165, 1.54) is 5.56 Å². The third-order valence-electron chi connectivity index (χ3n) is 4.70. The van der Waals surface area contributed by atoms with Crippen LogP contribution in [0.2, 0.25) is 5.02 Å². The quantitative estimate of drug-likeness (QED) is 0.700. The second kappa shape index (κ2) is 7.04. The molecule has 0 aliphatic carbocycles. The van der Waals surface area contributed by atoms with Gasteiger partial charge in [0.1, 0.15) is 5.75 Å². The van der Waals surface area contributed by atoms with Gasteiger partial charge in [-0.3, -0.25) is 0 Å². The van der Waals surface area contributed by atoms with Gasteiger partial charge in [0.15, 0.2) is 11.5 Å². The molecule has 1 saturated heterocycles.